The van der Waals surface area contributed by atoms with E-state index in [4.69, 9.17) is 0 Å². The lowest BCUT2D eigenvalue weighted by atomic mass is 10.3. The van der Waals surface area contributed by atoms with E-state index in [1.165, 1.54) is 11.3 Å². The Balaban J connectivity index is 1.94. The number of aromatic carboxylic acids is 1. The van der Waals surface area contributed by atoms with Crippen molar-refractivity contribution in [2.24, 2.45) is 0 Å². The number of carboxylic acids is 1. The van der Waals surface area contributed by atoms with Gasteiger partial charge < -0.3 is 14.9 Å². The molecule has 1 fully saturated rings. The second-order valence-electron chi connectivity index (χ2n) is 5.56. The Morgan fingerprint density at radius 3 is 2.48 bits per heavy atom. The summed E-state index contributed by atoms with van der Waals surface area (Å²) in [6.45, 7) is 7.96. The number of aryl methyl sites for hydroxylation is 1. The summed E-state index contributed by atoms with van der Waals surface area (Å²) in [7, 11) is 4.18. The number of hydrogen-bond acceptors (Lipinski definition) is 6. The number of carbonyl (C=O) groups is 1. The molecule has 1 aliphatic rings. The molecule has 0 spiro atoms. The van der Waals surface area contributed by atoms with Gasteiger partial charge in [-0.15, -0.1) is 0 Å². The Kier molecular flexibility index (Phi) is 5.55. The lowest BCUT2D eigenvalue weighted by molar-refractivity contribution is 0.0701. The van der Waals surface area contributed by atoms with Crippen molar-refractivity contribution in [2.75, 3.05) is 58.3 Å². The summed E-state index contributed by atoms with van der Waals surface area (Å²) in [5.41, 5.74) is 0.706. The first-order valence-electron chi connectivity index (χ1n) is 7.36. The van der Waals surface area contributed by atoms with Crippen LogP contribution in [-0.4, -0.2) is 79.2 Å². The van der Waals surface area contributed by atoms with Crippen LogP contribution in [0.3, 0.4) is 0 Å². The van der Waals surface area contributed by atoms with Gasteiger partial charge in [-0.05, 0) is 20.5 Å². The summed E-state index contributed by atoms with van der Waals surface area (Å²) in [5, 5.41) is 10.1. The Bertz CT molecular complexity index is 481. The van der Waals surface area contributed by atoms with E-state index in [0.717, 1.165) is 44.4 Å². The van der Waals surface area contributed by atoms with E-state index in [2.05, 4.69) is 33.8 Å². The molecule has 0 amide bonds. The maximum atomic E-state index is 11.2. The SMILES string of the molecule is CCc1nc(N2CCN(CCN(C)C)CC2)sc1C(=O)O. The second kappa shape index (κ2) is 7.20. The number of hydrogen-bond donors (Lipinski definition) is 1. The Morgan fingerprint density at radius 1 is 1.33 bits per heavy atom. The molecule has 2 heterocycles. The summed E-state index contributed by atoms with van der Waals surface area (Å²) in [5.74, 6) is -0.861. The van der Waals surface area contributed by atoms with Crippen molar-refractivity contribution in [1.82, 2.24) is 14.8 Å². The number of carboxylic acid groups (broad SMARTS) is 1. The Labute approximate surface area is 130 Å². The number of rotatable bonds is 6. The third-order valence-electron chi connectivity index (χ3n) is 3.72. The van der Waals surface area contributed by atoms with Crippen molar-refractivity contribution >= 4 is 22.4 Å². The van der Waals surface area contributed by atoms with Crippen LogP contribution in [0.15, 0.2) is 0 Å². The van der Waals surface area contributed by atoms with Crippen LogP contribution >= 0.6 is 11.3 Å². The van der Waals surface area contributed by atoms with Gasteiger partial charge in [-0.3, -0.25) is 4.90 Å². The molecule has 1 N–H and O–H groups in total. The van der Waals surface area contributed by atoms with Crippen LogP contribution in [0, 0.1) is 0 Å². The number of thiazole rings is 1. The third kappa shape index (κ3) is 4.15. The standard InChI is InChI=1S/C14H24N4O2S/c1-4-11-12(13(19)20)21-14(15-11)18-9-7-17(8-10-18)6-5-16(2)3/h4-10H2,1-3H3,(H,19,20). The van der Waals surface area contributed by atoms with Gasteiger partial charge in [-0.25, -0.2) is 9.78 Å². The molecule has 1 aliphatic heterocycles. The maximum absolute atomic E-state index is 11.2. The molecule has 7 heteroatoms. The van der Waals surface area contributed by atoms with Gasteiger partial charge in [0.1, 0.15) is 4.88 Å². The van der Waals surface area contributed by atoms with E-state index in [0.29, 0.717) is 17.0 Å². The predicted molar refractivity (Wildman–Crippen MR) is 85.7 cm³/mol. The minimum Gasteiger partial charge on any atom is -0.477 e. The number of anilines is 1. The zero-order valence-electron chi connectivity index (χ0n) is 13.0. The van der Waals surface area contributed by atoms with Crippen molar-refractivity contribution in [2.45, 2.75) is 13.3 Å². The highest BCUT2D eigenvalue weighted by molar-refractivity contribution is 7.17. The molecule has 1 saturated heterocycles. The van der Waals surface area contributed by atoms with Crippen LogP contribution in [0.25, 0.3) is 0 Å². The zero-order valence-corrected chi connectivity index (χ0v) is 13.8. The van der Waals surface area contributed by atoms with Crippen molar-refractivity contribution in [3.8, 4) is 0 Å². The molecule has 6 nitrogen and oxygen atoms in total. The highest BCUT2D eigenvalue weighted by Crippen LogP contribution is 2.27. The van der Waals surface area contributed by atoms with Gasteiger partial charge in [0.25, 0.3) is 0 Å². The van der Waals surface area contributed by atoms with Crippen molar-refractivity contribution in [3.63, 3.8) is 0 Å². The van der Waals surface area contributed by atoms with Crippen LogP contribution in [0.5, 0.6) is 0 Å². The average molecular weight is 312 g/mol. The number of nitrogens with zero attached hydrogens (tertiary/aromatic N) is 4. The highest BCUT2D eigenvalue weighted by Gasteiger charge is 2.23. The van der Waals surface area contributed by atoms with Gasteiger partial charge in [0.15, 0.2) is 5.13 Å². The predicted octanol–water partition coefficient (Wildman–Crippen LogP) is 1.09. The van der Waals surface area contributed by atoms with E-state index >= 15 is 0 Å². The molecule has 0 radical (unpaired) electrons. The fraction of sp³-hybridized carbons (Fsp3) is 0.714. The van der Waals surface area contributed by atoms with Gasteiger partial charge in [0, 0.05) is 39.3 Å². The van der Waals surface area contributed by atoms with E-state index < -0.39 is 5.97 Å². The largest absolute Gasteiger partial charge is 0.477 e. The van der Waals surface area contributed by atoms with E-state index in [9.17, 15) is 9.90 Å². The molecule has 0 unspecified atom stereocenters. The van der Waals surface area contributed by atoms with E-state index in [1.807, 2.05) is 6.92 Å². The van der Waals surface area contributed by atoms with Crippen molar-refractivity contribution in [3.05, 3.63) is 10.6 Å². The van der Waals surface area contributed by atoms with Gasteiger partial charge in [-0.2, -0.15) is 0 Å². The van der Waals surface area contributed by atoms with Crippen molar-refractivity contribution < 1.29 is 9.90 Å². The van der Waals surface area contributed by atoms with E-state index in [-0.39, 0.29) is 0 Å². The summed E-state index contributed by atoms with van der Waals surface area (Å²) < 4.78 is 0. The van der Waals surface area contributed by atoms with Gasteiger partial charge in [0.2, 0.25) is 0 Å². The number of piperazine rings is 1. The van der Waals surface area contributed by atoms with Crippen LogP contribution in [0.2, 0.25) is 0 Å². The van der Waals surface area contributed by atoms with Crippen LogP contribution in [0.4, 0.5) is 5.13 Å². The Morgan fingerprint density at radius 2 is 2.00 bits per heavy atom. The molecule has 0 saturated carbocycles. The molecule has 0 aromatic carbocycles. The molecule has 0 bridgehead atoms. The van der Waals surface area contributed by atoms with Gasteiger partial charge in [0.05, 0.1) is 5.69 Å². The number of likely N-dealkylation sites (N-methyl/N-ethyl adjacent to an activating group) is 1. The summed E-state index contributed by atoms with van der Waals surface area (Å²) in [6.07, 6.45) is 0.668. The average Bonchev–Trinajstić information content (AvgIpc) is 2.90. The normalized spacial score (nSPS) is 16.7. The minimum absolute atomic E-state index is 0.391. The molecule has 0 aliphatic carbocycles. The molecule has 1 aromatic rings. The van der Waals surface area contributed by atoms with Crippen molar-refractivity contribution in [1.29, 1.82) is 0 Å². The third-order valence-corrected chi connectivity index (χ3v) is 4.87. The zero-order chi connectivity index (χ0) is 15.4. The quantitative estimate of drug-likeness (QED) is 0.848. The highest BCUT2D eigenvalue weighted by atomic mass is 32.1. The maximum Gasteiger partial charge on any atom is 0.347 e. The summed E-state index contributed by atoms with van der Waals surface area (Å²) >= 11 is 1.31. The molecular formula is C14H24N4O2S. The first-order valence-corrected chi connectivity index (χ1v) is 8.18. The van der Waals surface area contributed by atoms with E-state index in [1.54, 1.807) is 0 Å². The fourth-order valence-corrected chi connectivity index (χ4v) is 3.43. The molecule has 0 atom stereocenters. The summed E-state index contributed by atoms with van der Waals surface area (Å²) in [4.78, 5) is 23.0. The monoisotopic (exact) mass is 312 g/mol. The first-order chi connectivity index (χ1) is 10.0. The fourth-order valence-electron chi connectivity index (χ4n) is 2.39. The van der Waals surface area contributed by atoms with Crippen LogP contribution in [0.1, 0.15) is 22.3 Å². The smallest absolute Gasteiger partial charge is 0.347 e. The topological polar surface area (TPSA) is 59.9 Å². The van der Waals surface area contributed by atoms with Gasteiger partial charge in [-0.1, -0.05) is 18.3 Å². The lowest BCUT2D eigenvalue weighted by Crippen LogP contribution is -2.48. The molecule has 2 rings (SSSR count). The summed E-state index contributed by atoms with van der Waals surface area (Å²) in [6, 6.07) is 0. The van der Waals surface area contributed by atoms with Crippen LogP contribution in [-0.2, 0) is 6.42 Å². The first kappa shape index (κ1) is 16.2. The lowest BCUT2D eigenvalue weighted by Gasteiger charge is -2.35. The van der Waals surface area contributed by atoms with Gasteiger partial charge >= 0.3 is 5.97 Å². The second-order valence-corrected chi connectivity index (χ2v) is 6.54. The molecule has 21 heavy (non-hydrogen) atoms. The molecule has 1 aromatic heterocycles. The number of aromatic nitrogens is 1. The minimum atomic E-state index is -0.861. The van der Waals surface area contributed by atoms with Crippen LogP contribution < -0.4 is 4.90 Å². The Hall–Kier alpha value is -1.18. The molecular weight excluding hydrogens is 288 g/mol. The molecule has 118 valence electrons.